The van der Waals surface area contributed by atoms with Gasteiger partial charge in [0.2, 0.25) is 5.91 Å². The number of aromatic nitrogens is 4. The van der Waals surface area contributed by atoms with Crippen molar-refractivity contribution in [2.24, 2.45) is 0 Å². The Kier molecular flexibility index (Phi) is 5.65. The minimum absolute atomic E-state index is 0.224. The quantitative estimate of drug-likeness (QED) is 0.665. The highest BCUT2D eigenvalue weighted by Crippen LogP contribution is 2.29. The Labute approximate surface area is 156 Å². The number of amides is 1. The Morgan fingerprint density at radius 3 is 2.56 bits per heavy atom. The van der Waals surface area contributed by atoms with Gasteiger partial charge in [0.1, 0.15) is 17.4 Å². The molecule has 27 heavy (non-hydrogen) atoms. The predicted molar refractivity (Wildman–Crippen MR) is 100.0 cm³/mol. The molecular formula is C19H21N5O3. The van der Waals surface area contributed by atoms with Crippen LogP contribution in [-0.4, -0.2) is 40.8 Å². The number of rotatable bonds is 7. The van der Waals surface area contributed by atoms with E-state index in [1.807, 2.05) is 43.3 Å². The summed E-state index contributed by atoms with van der Waals surface area (Å²) in [4.78, 5) is 12.9. The predicted octanol–water partition coefficient (Wildman–Crippen LogP) is 2.49. The number of nitrogens with zero attached hydrogens (tertiary/aromatic N) is 3. The Hall–Kier alpha value is -3.42. The summed E-state index contributed by atoms with van der Waals surface area (Å²) >= 11 is 0. The van der Waals surface area contributed by atoms with Crippen molar-refractivity contribution in [2.45, 2.75) is 19.3 Å². The molecule has 1 atom stereocenters. The Morgan fingerprint density at radius 1 is 1.15 bits per heavy atom. The number of benzene rings is 2. The minimum atomic E-state index is -0.632. The molecule has 1 heterocycles. The van der Waals surface area contributed by atoms with Gasteiger partial charge in [-0.1, -0.05) is 29.0 Å². The van der Waals surface area contributed by atoms with E-state index in [2.05, 4.69) is 25.9 Å². The van der Waals surface area contributed by atoms with E-state index in [1.165, 1.54) is 0 Å². The molecule has 0 aliphatic carbocycles. The van der Waals surface area contributed by atoms with Gasteiger partial charge in [0.15, 0.2) is 5.82 Å². The van der Waals surface area contributed by atoms with E-state index in [0.717, 1.165) is 11.1 Å². The maximum absolute atomic E-state index is 12.9. The number of aromatic amines is 1. The first-order valence-electron chi connectivity index (χ1n) is 8.42. The maximum atomic E-state index is 12.9. The largest absolute Gasteiger partial charge is 0.497 e. The van der Waals surface area contributed by atoms with E-state index in [-0.39, 0.29) is 5.91 Å². The molecular weight excluding hydrogens is 346 g/mol. The molecule has 0 unspecified atom stereocenters. The standard InChI is InChI=1S/C19H21N5O3/c1-12-4-7-14(8-5-12)20-19(25)16(18-21-23-24-22-18)10-13-6-9-15(26-2)11-17(13)27-3/h4-9,11,16H,10H2,1-3H3,(H,20,25)(H,21,22,23,24)/t16-/m1/s1. The molecule has 140 valence electrons. The van der Waals surface area contributed by atoms with E-state index < -0.39 is 5.92 Å². The van der Waals surface area contributed by atoms with Gasteiger partial charge >= 0.3 is 0 Å². The van der Waals surface area contributed by atoms with Gasteiger partial charge in [-0.15, -0.1) is 10.2 Å². The highest BCUT2D eigenvalue weighted by molar-refractivity contribution is 5.95. The lowest BCUT2D eigenvalue weighted by molar-refractivity contribution is -0.117. The fourth-order valence-electron chi connectivity index (χ4n) is 2.73. The molecule has 0 radical (unpaired) electrons. The van der Waals surface area contributed by atoms with E-state index in [0.29, 0.717) is 29.4 Å². The maximum Gasteiger partial charge on any atom is 0.235 e. The summed E-state index contributed by atoms with van der Waals surface area (Å²) in [6, 6.07) is 13.0. The average molecular weight is 367 g/mol. The summed E-state index contributed by atoms with van der Waals surface area (Å²) in [6.45, 7) is 1.99. The summed E-state index contributed by atoms with van der Waals surface area (Å²) < 4.78 is 10.7. The first-order valence-corrected chi connectivity index (χ1v) is 8.42. The topological polar surface area (TPSA) is 102 Å². The fraction of sp³-hybridized carbons (Fsp3) is 0.263. The molecule has 2 aromatic carbocycles. The van der Waals surface area contributed by atoms with Crippen molar-refractivity contribution in [3.05, 3.63) is 59.4 Å². The third-order valence-corrected chi connectivity index (χ3v) is 4.23. The highest BCUT2D eigenvalue weighted by atomic mass is 16.5. The molecule has 0 spiro atoms. The van der Waals surface area contributed by atoms with E-state index in [9.17, 15) is 4.79 Å². The monoisotopic (exact) mass is 367 g/mol. The number of H-pyrrole nitrogens is 1. The molecule has 8 heteroatoms. The van der Waals surface area contributed by atoms with Crippen molar-refractivity contribution < 1.29 is 14.3 Å². The van der Waals surface area contributed by atoms with Crippen molar-refractivity contribution in [1.82, 2.24) is 20.6 Å². The lowest BCUT2D eigenvalue weighted by Gasteiger charge is -2.16. The zero-order valence-corrected chi connectivity index (χ0v) is 15.4. The SMILES string of the molecule is COc1ccc(C[C@@H](C(=O)Nc2ccc(C)cc2)c2nn[nH]n2)c(OC)c1. The van der Waals surface area contributed by atoms with Gasteiger partial charge in [0, 0.05) is 11.8 Å². The van der Waals surface area contributed by atoms with Crippen LogP contribution < -0.4 is 14.8 Å². The number of methoxy groups -OCH3 is 2. The minimum Gasteiger partial charge on any atom is -0.497 e. The first kappa shape index (κ1) is 18.4. The van der Waals surface area contributed by atoms with Crippen molar-refractivity contribution >= 4 is 11.6 Å². The van der Waals surface area contributed by atoms with Crippen molar-refractivity contribution in [3.63, 3.8) is 0 Å². The number of carbonyl (C=O) groups is 1. The second-order valence-electron chi connectivity index (χ2n) is 6.06. The van der Waals surface area contributed by atoms with Crippen LogP contribution in [0.25, 0.3) is 0 Å². The van der Waals surface area contributed by atoms with Crippen LogP contribution in [0.4, 0.5) is 5.69 Å². The van der Waals surface area contributed by atoms with Crippen LogP contribution in [0.5, 0.6) is 11.5 Å². The van der Waals surface area contributed by atoms with Crippen LogP contribution in [0.15, 0.2) is 42.5 Å². The van der Waals surface area contributed by atoms with Crippen LogP contribution in [0.1, 0.15) is 22.9 Å². The van der Waals surface area contributed by atoms with Gasteiger partial charge in [-0.2, -0.15) is 5.21 Å². The Bertz CT molecular complexity index is 894. The van der Waals surface area contributed by atoms with Crippen LogP contribution in [0.2, 0.25) is 0 Å². The molecule has 0 saturated carbocycles. The molecule has 3 rings (SSSR count). The van der Waals surface area contributed by atoms with Gasteiger partial charge in [0.25, 0.3) is 0 Å². The van der Waals surface area contributed by atoms with Crippen molar-refractivity contribution in [3.8, 4) is 11.5 Å². The second kappa shape index (κ2) is 8.31. The van der Waals surface area contributed by atoms with Crippen molar-refractivity contribution in [2.75, 3.05) is 19.5 Å². The highest BCUT2D eigenvalue weighted by Gasteiger charge is 2.27. The zero-order chi connectivity index (χ0) is 19.2. The van der Waals surface area contributed by atoms with E-state index in [4.69, 9.17) is 9.47 Å². The summed E-state index contributed by atoms with van der Waals surface area (Å²) in [5.74, 6) is 0.768. The molecule has 2 N–H and O–H groups in total. The summed E-state index contributed by atoms with van der Waals surface area (Å²) in [5, 5.41) is 16.9. The van der Waals surface area contributed by atoms with E-state index >= 15 is 0 Å². The summed E-state index contributed by atoms with van der Waals surface area (Å²) in [5.41, 5.74) is 2.67. The van der Waals surface area contributed by atoms with Gasteiger partial charge in [0.05, 0.1) is 14.2 Å². The number of carbonyl (C=O) groups excluding carboxylic acids is 1. The Balaban J connectivity index is 1.86. The molecule has 0 fully saturated rings. The Morgan fingerprint density at radius 2 is 1.93 bits per heavy atom. The third kappa shape index (κ3) is 4.41. The third-order valence-electron chi connectivity index (χ3n) is 4.23. The van der Waals surface area contributed by atoms with Gasteiger partial charge in [-0.25, -0.2) is 0 Å². The first-order chi connectivity index (χ1) is 13.1. The molecule has 0 aliphatic heterocycles. The lowest BCUT2D eigenvalue weighted by Crippen LogP contribution is -2.24. The molecule has 3 aromatic rings. The van der Waals surface area contributed by atoms with Crippen molar-refractivity contribution in [1.29, 1.82) is 0 Å². The second-order valence-corrected chi connectivity index (χ2v) is 6.06. The average Bonchev–Trinajstić information content (AvgIpc) is 3.22. The smallest absolute Gasteiger partial charge is 0.235 e. The van der Waals surface area contributed by atoms with Gasteiger partial charge in [-0.05, 0) is 37.1 Å². The number of nitrogens with one attached hydrogen (secondary N) is 2. The fourth-order valence-corrected chi connectivity index (χ4v) is 2.73. The van der Waals surface area contributed by atoms with Crippen LogP contribution in [0.3, 0.4) is 0 Å². The number of ether oxygens (including phenoxy) is 2. The number of hydrogen-bond acceptors (Lipinski definition) is 6. The molecule has 1 amide bonds. The van der Waals surface area contributed by atoms with Crippen LogP contribution in [0, 0.1) is 6.92 Å². The summed E-state index contributed by atoms with van der Waals surface area (Å²) in [7, 11) is 3.17. The van der Waals surface area contributed by atoms with Crippen LogP contribution in [-0.2, 0) is 11.2 Å². The number of aryl methyl sites for hydroxylation is 1. The van der Waals surface area contributed by atoms with Gasteiger partial charge < -0.3 is 14.8 Å². The summed E-state index contributed by atoms with van der Waals surface area (Å²) in [6.07, 6.45) is 0.352. The lowest BCUT2D eigenvalue weighted by atomic mass is 9.96. The number of tetrazole rings is 1. The number of hydrogen-bond donors (Lipinski definition) is 2. The van der Waals surface area contributed by atoms with Crippen LogP contribution >= 0.6 is 0 Å². The number of anilines is 1. The molecule has 8 nitrogen and oxygen atoms in total. The zero-order valence-electron chi connectivity index (χ0n) is 15.4. The van der Waals surface area contributed by atoms with E-state index in [1.54, 1.807) is 20.3 Å². The van der Waals surface area contributed by atoms with Gasteiger partial charge in [-0.3, -0.25) is 4.79 Å². The molecule has 1 aromatic heterocycles. The molecule has 0 aliphatic rings. The normalized spacial score (nSPS) is 11.7. The molecule has 0 bridgehead atoms. The molecule has 0 saturated heterocycles.